The van der Waals surface area contributed by atoms with Crippen LogP contribution in [0.3, 0.4) is 0 Å². The summed E-state index contributed by atoms with van der Waals surface area (Å²) in [6.45, 7) is 1.65. The van der Waals surface area contributed by atoms with Crippen LogP contribution in [0.25, 0.3) is 11.0 Å². The van der Waals surface area contributed by atoms with Crippen molar-refractivity contribution in [1.29, 1.82) is 0 Å². The van der Waals surface area contributed by atoms with Gasteiger partial charge < -0.3 is 50.4 Å². The van der Waals surface area contributed by atoms with Crippen LogP contribution in [0.2, 0.25) is 0 Å². The zero-order valence-electron chi connectivity index (χ0n) is 31.9. The molecule has 1 amide bonds. The molecule has 16 nitrogen and oxygen atoms in total. The lowest BCUT2D eigenvalue weighted by Gasteiger charge is -2.45. The van der Waals surface area contributed by atoms with Gasteiger partial charge in [-0.1, -0.05) is 12.1 Å². The summed E-state index contributed by atoms with van der Waals surface area (Å²) in [4.78, 5) is 43.3. The van der Waals surface area contributed by atoms with Crippen molar-refractivity contribution in [3.63, 3.8) is 0 Å². The first kappa shape index (κ1) is 40.7. The van der Waals surface area contributed by atoms with E-state index in [1.54, 1.807) is 19.2 Å². The fraction of sp³-hybridized carbons (Fsp3) is 0.488. The van der Waals surface area contributed by atoms with E-state index in [2.05, 4.69) is 15.6 Å². The second-order valence-electron chi connectivity index (χ2n) is 15.6. The van der Waals surface area contributed by atoms with Gasteiger partial charge >= 0.3 is 0 Å². The molecule has 0 spiro atoms. The van der Waals surface area contributed by atoms with Crippen LogP contribution in [0.1, 0.15) is 42.6 Å². The number of benzene rings is 2. The number of aromatic hydroxyl groups is 1. The number of carbonyl (C=O) groups is 1. The highest BCUT2D eigenvalue weighted by molar-refractivity contribution is 6.07. The van der Waals surface area contributed by atoms with Crippen LogP contribution >= 0.6 is 0 Å². The Morgan fingerprint density at radius 3 is 2.63 bits per heavy atom. The maximum absolute atomic E-state index is 13.5. The van der Waals surface area contributed by atoms with Gasteiger partial charge in [-0.2, -0.15) is 0 Å². The average Bonchev–Trinajstić information content (AvgIpc) is 3.93. The van der Waals surface area contributed by atoms with Gasteiger partial charge in [0.15, 0.2) is 11.2 Å². The second-order valence-corrected chi connectivity index (χ2v) is 15.6. The molecule has 16 heteroatoms. The first-order valence-corrected chi connectivity index (χ1v) is 19.3. The van der Waals surface area contributed by atoms with E-state index in [1.165, 1.54) is 30.3 Å². The van der Waals surface area contributed by atoms with E-state index in [0.717, 1.165) is 16.2 Å². The largest absolute Gasteiger partial charge is 0.508 e. The lowest BCUT2D eigenvalue weighted by molar-refractivity contribution is -0.759. The van der Waals surface area contributed by atoms with Gasteiger partial charge in [0.25, 0.3) is 0 Å². The maximum Gasteiger partial charge on any atom is 0.222 e. The number of carbonyl (C=O) groups excluding carboxylic acids is 1. The molecule has 1 fully saturated rings. The van der Waals surface area contributed by atoms with Gasteiger partial charge in [0, 0.05) is 50.1 Å². The van der Waals surface area contributed by atoms with Gasteiger partial charge in [-0.05, 0) is 69.1 Å². The summed E-state index contributed by atoms with van der Waals surface area (Å²) in [6, 6.07) is 9.03. The number of fused-ring (bicyclic) bond motifs is 3. The van der Waals surface area contributed by atoms with Crippen LogP contribution in [0.15, 0.2) is 74.7 Å². The van der Waals surface area contributed by atoms with E-state index in [-0.39, 0.29) is 35.8 Å². The highest BCUT2D eigenvalue weighted by atomic mass is 17.2. The van der Waals surface area contributed by atoms with Crippen LogP contribution in [0.4, 0.5) is 5.69 Å². The molecule has 0 bridgehead atoms. The molecule has 1 unspecified atom stereocenters. The fourth-order valence-electron chi connectivity index (χ4n) is 8.28. The highest BCUT2D eigenvalue weighted by Gasteiger charge is 2.50. The average molecular weight is 792 g/mol. The Morgan fingerprint density at radius 1 is 1.14 bits per heavy atom. The van der Waals surface area contributed by atoms with E-state index in [1.807, 2.05) is 19.3 Å². The molecule has 57 heavy (non-hydrogen) atoms. The Bertz CT molecular complexity index is 2120. The number of aliphatic hydroxyl groups excluding tert-OH is 4. The lowest BCUT2D eigenvalue weighted by Crippen LogP contribution is -3.01. The number of quaternary nitrogens is 1. The number of aliphatic hydroxyl groups is 5. The fourth-order valence-corrected chi connectivity index (χ4v) is 8.28. The van der Waals surface area contributed by atoms with Crippen LogP contribution in [-0.2, 0) is 27.4 Å². The molecule has 3 aromatic rings. The number of aryl methyl sites for hydroxylation is 1. The summed E-state index contributed by atoms with van der Waals surface area (Å²) in [5, 5.41) is 69.8. The van der Waals surface area contributed by atoms with Crippen LogP contribution < -0.4 is 25.7 Å². The SMILES string of the molecule is CNCC[C@]1(CC[C@H]2CNC(=O)C2)Oc2c(cc3c(=O)cc(C)oc3c2[NH+]2C=C3C=CN=C3C2)C[C@H]1OOC[C@@](O)(Cc1ccc(O)cc1)[C@@H](O)[C@H](O)[C@H](O)CO. The Morgan fingerprint density at radius 2 is 1.93 bits per heavy atom. The molecular formula is C41H51N4O12+. The molecule has 4 aliphatic rings. The molecule has 0 saturated carbocycles. The van der Waals surface area contributed by atoms with Gasteiger partial charge in [-0.3, -0.25) is 19.5 Å². The van der Waals surface area contributed by atoms with Crippen molar-refractivity contribution in [1.82, 2.24) is 10.6 Å². The van der Waals surface area contributed by atoms with Crippen LogP contribution in [0, 0.1) is 12.8 Å². The van der Waals surface area contributed by atoms with Crippen molar-refractivity contribution >= 4 is 28.3 Å². The van der Waals surface area contributed by atoms with Crippen LogP contribution in [-0.4, -0.2) is 118 Å². The van der Waals surface area contributed by atoms with Crippen molar-refractivity contribution < 1.29 is 59.3 Å². The van der Waals surface area contributed by atoms with Crippen molar-refractivity contribution in [3.05, 3.63) is 87.6 Å². The van der Waals surface area contributed by atoms with Crippen LogP contribution in [0.5, 0.6) is 11.5 Å². The maximum atomic E-state index is 13.5. The number of hydrogen-bond donors (Lipinski definition) is 9. The minimum absolute atomic E-state index is 0.0216. The van der Waals surface area contributed by atoms with Gasteiger partial charge in [-0.15, -0.1) is 0 Å². The van der Waals surface area contributed by atoms with Crippen molar-refractivity contribution in [2.24, 2.45) is 10.9 Å². The molecule has 2 aromatic carbocycles. The third-order valence-electron chi connectivity index (χ3n) is 11.5. The molecule has 9 N–H and O–H groups in total. The first-order chi connectivity index (χ1) is 27.3. The number of allylic oxidation sites excluding steroid dienone is 1. The summed E-state index contributed by atoms with van der Waals surface area (Å²) in [5.41, 5.74) is 0.425. The summed E-state index contributed by atoms with van der Waals surface area (Å²) in [7, 11) is 1.82. The number of hydrogen-bond acceptors (Lipinski definition) is 14. The summed E-state index contributed by atoms with van der Waals surface area (Å²) in [5.74, 6) is 0.968. The quantitative estimate of drug-likeness (QED) is 0.0635. The Kier molecular flexibility index (Phi) is 12.0. The molecule has 4 aliphatic heterocycles. The topological polar surface area (TPSA) is 237 Å². The van der Waals surface area contributed by atoms with Gasteiger partial charge in [0.2, 0.25) is 17.2 Å². The Labute approximate surface area is 328 Å². The number of ether oxygens (including phenoxy) is 1. The smallest absolute Gasteiger partial charge is 0.222 e. The highest BCUT2D eigenvalue weighted by Crippen LogP contribution is 2.46. The van der Waals surface area contributed by atoms with Gasteiger partial charge in [0.05, 0.1) is 17.6 Å². The molecule has 306 valence electrons. The zero-order valence-corrected chi connectivity index (χ0v) is 31.9. The van der Waals surface area contributed by atoms with Crippen molar-refractivity contribution in [3.8, 4) is 11.5 Å². The zero-order chi connectivity index (χ0) is 40.5. The van der Waals surface area contributed by atoms with Gasteiger partial charge in [-0.25, -0.2) is 9.78 Å². The minimum Gasteiger partial charge on any atom is -0.508 e. The molecular weight excluding hydrogens is 740 g/mol. The summed E-state index contributed by atoms with van der Waals surface area (Å²) < 4.78 is 13.5. The van der Waals surface area contributed by atoms with E-state index in [9.17, 15) is 40.2 Å². The Balaban J connectivity index is 1.27. The number of aliphatic imine (C=N–C) groups is 1. The second kappa shape index (κ2) is 16.8. The van der Waals surface area contributed by atoms with E-state index in [0.29, 0.717) is 84.6 Å². The van der Waals surface area contributed by atoms with Crippen molar-refractivity contribution in [2.45, 2.75) is 81.1 Å². The molecule has 1 saturated heterocycles. The summed E-state index contributed by atoms with van der Waals surface area (Å²) >= 11 is 0. The standard InChI is InChI=1S/C41H50N4O12/c1-23-13-31(48)29-15-27-16-33(57-54-22-40(53,39(52)36(51)32(49)21-46)17-24-3-5-28(47)6-4-24)41(10-12-42-2,9-7-25-14-34(50)44-18-25)56-37(27)35(38(29)55-23)45-19-26-8-11-43-30(26)20-45/h3-6,8,11,13,15,19,25,32-33,36,39,42,46-47,49,51-53H,7,9-10,12,14,16-18,20-22H2,1-2H3,(H,44,50)/p+1/t25-,32-,33-,36-,39+,40+,41+/m1/s1. The Hall–Kier alpha value is -4.49. The first-order valence-electron chi connectivity index (χ1n) is 19.3. The van der Waals surface area contributed by atoms with E-state index in [4.69, 9.17) is 18.9 Å². The summed E-state index contributed by atoms with van der Waals surface area (Å²) in [6.07, 6.45) is 0.765. The van der Waals surface area contributed by atoms with E-state index >= 15 is 0 Å². The molecule has 0 radical (unpaired) electrons. The van der Waals surface area contributed by atoms with E-state index < -0.39 is 48.8 Å². The number of nitrogens with zero attached hydrogens (tertiary/aromatic N) is 1. The number of phenolic OH excluding ortho intramolecular Hbond substituents is 1. The van der Waals surface area contributed by atoms with Gasteiger partial charge in [0.1, 0.15) is 72.2 Å². The number of amides is 1. The predicted molar refractivity (Wildman–Crippen MR) is 206 cm³/mol. The molecule has 5 heterocycles. The molecule has 8 atom stereocenters. The normalized spacial score (nSPS) is 25.2. The molecule has 7 rings (SSSR count). The third-order valence-corrected chi connectivity index (χ3v) is 11.5. The molecule has 0 aliphatic carbocycles. The lowest BCUT2D eigenvalue weighted by atomic mass is 9.79. The van der Waals surface area contributed by atoms with Crippen molar-refractivity contribution in [2.75, 3.05) is 39.9 Å². The third kappa shape index (κ3) is 8.41. The number of phenols is 1. The predicted octanol–water partition coefficient (Wildman–Crippen LogP) is -0.246. The number of nitrogens with one attached hydrogen (secondary N) is 3. The molecule has 1 aromatic heterocycles. The minimum atomic E-state index is -2.27. The number of rotatable bonds is 17. The monoisotopic (exact) mass is 791 g/mol.